The van der Waals surface area contributed by atoms with E-state index in [0.717, 1.165) is 59.8 Å². The van der Waals surface area contributed by atoms with E-state index in [4.69, 9.17) is 0 Å². The van der Waals surface area contributed by atoms with E-state index in [1.54, 1.807) is 6.07 Å². The van der Waals surface area contributed by atoms with Crippen molar-refractivity contribution in [2.24, 2.45) is 0 Å². The Hall–Kier alpha value is -4.39. The molecule has 0 bridgehead atoms. The second kappa shape index (κ2) is 17.8. The molecule has 0 amide bonds. The standard InChI is InChI=1S/C43H50N2O3S/c1-3-5-7-17-33-44(37-19-11-9-12-20-37)39-29-25-35(26-30-39)43(41-23-15-16-24-42(41)49(46,47)48)36-27-31-40(32-28-36)45(34-18-8-6-4-2)38-21-13-10-14-22-38/h9-16,19-32,43H,3-8,17-18,33-34H2,1-2H3,(H,46,47,48). The minimum absolute atomic E-state index is 0.0724. The molecule has 0 aliphatic rings. The zero-order valence-corrected chi connectivity index (χ0v) is 29.7. The molecule has 6 heteroatoms. The Balaban J connectivity index is 1.53. The maximum Gasteiger partial charge on any atom is 0.294 e. The highest BCUT2D eigenvalue weighted by Crippen LogP contribution is 2.38. The number of benzene rings is 5. The SMILES string of the molecule is CCCCCCN(c1ccccc1)c1ccc(C(c2ccc(N(CCCCCC)c3ccccc3)cc2)c2ccccc2S(=O)(=O)O)cc1. The normalized spacial score (nSPS) is 11.5. The Morgan fingerprint density at radius 3 is 1.29 bits per heavy atom. The van der Waals surface area contributed by atoms with Crippen LogP contribution in [0.2, 0.25) is 0 Å². The third kappa shape index (κ3) is 9.62. The lowest BCUT2D eigenvalue weighted by Crippen LogP contribution is -2.19. The van der Waals surface area contributed by atoms with Crippen LogP contribution in [0.1, 0.15) is 87.8 Å². The van der Waals surface area contributed by atoms with Crippen LogP contribution in [0.4, 0.5) is 22.7 Å². The number of para-hydroxylation sites is 2. The quantitative estimate of drug-likeness (QED) is 0.0569. The molecule has 0 aliphatic heterocycles. The van der Waals surface area contributed by atoms with Gasteiger partial charge < -0.3 is 9.80 Å². The Labute approximate surface area is 294 Å². The molecule has 256 valence electrons. The summed E-state index contributed by atoms with van der Waals surface area (Å²) in [6.45, 7) is 6.28. The van der Waals surface area contributed by atoms with Crippen LogP contribution in [0.5, 0.6) is 0 Å². The average molecular weight is 675 g/mol. The first-order chi connectivity index (χ1) is 23.9. The van der Waals surface area contributed by atoms with E-state index in [9.17, 15) is 13.0 Å². The lowest BCUT2D eigenvalue weighted by Gasteiger charge is -2.27. The van der Waals surface area contributed by atoms with E-state index in [1.807, 2.05) is 24.3 Å². The van der Waals surface area contributed by atoms with Crippen molar-refractivity contribution < 1.29 is 13.0 Å². The number of rotatable bonds is 18. The Morgan fingerprint density at radius 2 is 0.878 bits per heavy atom. The predicted molar refractivity (Wildman–Crippen MR) is 205 cm³/mol. The highest BCUT2D eigenvalue weighted by molar-refractivity contribution is 7.85. The molecule has 0 aliphatic carbocycles. The van der Waals surface area contributed by atoms with Gasteiger partial charge in [0, 0.05) is 41.8 Å². The smallest absolute Gasteiger partial charge is 0.294 e. The van der Waals surface area contributed by atoms with Crippen molar-refractivity contribution >= 4 is 32.9 Å². The summed E-state index contributed by atoms with van der Waals surface area (Å²) in [7, 11) is -4.46. The third-order valence-corrected chi connectivity index (χ3v) is 10.1. The lowest BCUT2D eigenvalue weighted by atomic mass is 9.85. The third-order valence-electron chi connectivity index (χ3n) is 9.19. The number of nitrogens with zero attached hydrogens (tertiary/aromatic N) is 2. The molecule has 1 N–H and O–H groups in total. The minimum Gasteiger partial charge on any atom is -0.341 e. The molecule has 49 heavy (non-hydrogen) atoms. The van der Waals surface area contributed by atoms with Crippen molar-refractivity contribution in [2.75, 3.05) is 22.9 Å². The molecule has 5 aromatic carbocycles. The Bertz CT molecular complexity index is 1710. The van der Waals surface area contributed by atoms with Crippen LogP contribution in [0.15, 0.2) is 138 Å². The summed E-state index contributed by atoms with van der Waals surface area (Å²) in [6.07, 6.45) is 9.38. The molecule has 5 nitrogen and oxygen atoms in total. The van der Waals surface area contributed by atoms with Gasteiger partial charge in [0.1, 0.15) is 0 Å². The maximum atomic E-state index is 12.7. The van der Waals surface area contributed by atoms with Crippen molar-refractivity contribution in [2.45, 2.75) is 76.0 Å². The van der Waals surface area contributed by atoms with E-state index >= 15 is 0 Å². The second-order valence-electron chi connectivity index (χ2n) is 12.7. The molecule has 0 saturated carbocycles. The Morgan fingerprint density at radius 1 is 0.490 bits per heavy atom. The zero-order chi connectivity index (χ0) is 34.5. The summed E-state index contributed by atoms with van der Waals surface area (Å²) >= 11 is 0. The second-order valence-corrected chi connectivity index (χ2v) is 14.1. The molecule has 0 fully saturated rings. The minimum atomic E-state index is -4.46. The van der Waals surface area contributed by atoms with Crippen molar-refractivity contribution in [1.82, 2.24) is 0 Å². The topological polar surface area (TPSA) is 60.9 Å². The molecule has 0 unspecified atom stereocenters. The van der Waals surface area contributed by atoms with E-state index in [-0.39, 0.29) is 4.90 Å². The number of anilines is 4. The van der Waals surface area contributed by atoms with Gasteiger partial charge in [-0.25, -0.2) is 0 Å². The van der Waals surface area contributed by atoms with Gasteiger partial charge >= 0.3 is 0 Å². The van der Waals surface area contributed by atoms with Crippen LogP contribution < -0.4 is 9.80 Å². The van der Waals surface area contributed by atoms with Gasteiger partial charge in [0.2, 0.25) is 0 Å². The van der Waals surface area contributed by atoms with E-state index in [2.05, 4.69) is 121 Å². The highest BCUT2D eigenvalue weighted by atomic mass is 32.2. The van der Waals surface area contributed by atoms with Crippen LogP contribution >= 0.6 is 0 Å². The molecule has 5 aromatic rings. The van der Waals surface area contributed by atoms with Gasteiger partial charge in [-0.05, 0) is 84.1 Å². The highest BCUT2D eigenvalue weighted by Gasteiger charge is 2.25. The predicted octanol–water partition coefficient (Wildman–Crippen LogP) is 11.6. The molecule has 0 aromatic heterocycles. The largest absolute Gasteiger partial charge is 0.341 e. The van der Waals surface area contributed by atoms with Crippen LogP contribution in [-0.2, 0) is 10.1 Å². The molecule has 0 heterocycles. The number of unbranched alkanes of at least 4 members (excludes halogenated alkanes) is 6. The molecule has 0 spiro atoms. The summed E-state index contributed by atoms with van der Waals surface area (Å²) in [4.78, 5) is 4.64. The number of hydrogen-bond donors (Lipinski definition) is 1. The fraction of sp³-hybridized carbons (Fsp3) is 0.302. The first-order valence-electron chi connectivity index (χ1n) is 17.8. The lowest BCUT2D eigenvalue weighted by molar-refractivity contribution is 0.482. The van der Waals surface area contributed by atoms with Gasteiger partial charge in [-0.3, -0.25) is 4.55 Å². The summed E-state index contributed by atoms with van der Waals surface area (Å²) in [5, 5.41) is 0. The fourth-order valence-electron chi connectivity index (χ4n) is 6.62. The zero-order valence-electron chi connectivity index (χ0n) is 28.9. The van der Waals surface area contributed by atoms with Gasteiger partial charge in [0.05, 0.1) is 4.90 Å². The molecule has 5 rings (SSSR count). The van der Waals surface area contributed by atoms with E-state index in [1.165, 1.54) is 44.6 Å². The van der Waals surface area contributed by atoms with Gasteiger partial charge in [0.25, 0.3) is 10.1 Å². The monoisotopic (exact) mass is 674 g/mol. The van der Waals surface area contributed by atoms with E-state index in [0.29, 0.717) is 5.56 Å². The number of hydrogen-bond acceptors (Lipinski definition) is 4. The van der Waals surface area contributed by atoms with Gasteiger partial charge in [0.15, 0.2) is 0 Å². The van der Waals surface area contributed by atoms with E-state index < -0.39 is 16.0 Å². The van der Waals surface area contributed by atoms with Crippen LogP contribution in [0, 0.1) is 0 Å². The van der Waals surface area contributed by atoms with Crippen molar-refractivity contribution in [1.29, 1.82) is 0 Å². The van der Waals surface area contributed by atoms with Gasteiger partial charge in [-0.2, -0.15) is 8.42 Å². The fourth-order valence-corrected chi connectivity index (χ4v) is 7.36. The van der Waals surface area contributed by atoms with Crippen LogP contribution in [0.3, 0.4) is 0 Å². The van der Waals surface area contributed by atoms with Crippen LogP contribution in [-0.4, -0.2) is 26.1 Å². The summed E-state index contributed by atoms with van der Waals surface area (Å²) < 4.78 is 35.6. The molecular weight excluding hydrogens is 625 g/mol. The first kappa shape index (κ1) is 35.9. The molecular formula is C43H50N2O3S. The van der Waals surface area contributed by atoms with Crippen molar-refractivity contribution in [3.05, 3.63) is 150 Å². The summed E-state index contributed by atoms with van der Waals surface area (Å²) in [6, 6.07) is 44.6. The first-order valence-corrected chi connectivity index (χ1v) is 19.3. The maximum absolute atomic E-state index is 12.7. The molecule has 0 atom stereocenters. The Kier molecular flexibility index (Phi) is 13.1. The van der Waals surface area contributed by atoms with Gasteiger partial charge in [-0.15, -0.1) is 0 Å². The summed E-state index contributed by atoms with van der Waals surface area (Å²) in [5.74, 6) is -0.411. The van der Waals surface area contributed by atoms with Crippen molar-refractivity contribution in [3.63, 3.8) is 0 Å². The molecule has 0 saturated heterocycles. The van der Waals surface area contributed by atoms with Crippen LogP contribution in [0.25, 0.3) is 0 Å². The average Bonchev–Trinajstić information content (AvgIpc) is 3.13. The summed E-state index contributed by atoms with van der Waals surface area (Å²) in [5.41, 5.74) is 6.92. The van der Waals surface area contributed by atoms with Crippen molar-refractivity contribution in [3.8, 4) is 0 Å². The van der Waals surface area contributed by atoms with Gasteiger partial charge in [-0.1, -0.05) is 131 Å². The molecule has 0 radical (unpaired) electrons.